The van der Waals surface area contributed by atoms with E-state index in [1.165, 1.54) is 13.2 Å². The third kappa shape index (κ3) is 3.00. The van der Waals surface area contributed by atoms with Crippen molar-refractivity contribution in [1.82, 2.24) is 14.6 Å². The zero-order chi connectivity index (χ0) is 21.6. The highest BCUT2D eigenvalue weighted by molar-refractivity contribution is 5.95. The third-order valence-electron chi connectivity index (χ3n) is 4.74. The highest BCUT2D eigenvalue weighted by atomic mass is 19.1. The number of aryl methyl sites for hydroxylation is 1. The Kier molecular flexibility index (Phi) is 4.57. The number of hydrogen-bond donors (Lipinski definition) is 2. The Morgan fingerprint density at radius 1 is 1.17 bits per heavy atom. The fraction of sp³-hybridized carbons (Fsp3) is 0.0952. The summed E-state index contributed by atoms with van der Waals surface area (Å²) in [5.74, 6) is -2.48. The molecule has 0 aliphatic carbocycles. The minimum atomic E-state index is -1.45. The van der Waals surface area contributed by atoms with Gasteiger partial charge in [-0.25, -0.2) is 23.1 Å². The minimum Gasteiger partial charge on any atom is -0.497 e. The number of aromatic nitrogens is 3. The van der Waals surface area contributed by atoms with Crippen LogP contribution < -0.4 is 10.3 Å². The van der Waals surface area contributed by atoms with E-state index in [0.29, 0.717) is 17.0 Å². The summed E-state index contributed by atoms with van der Waals surface area (Å²) < 4.78 is 33.9. The second-order valence-corrected chi connectivity index (χ2v) is 6.57. The molecule has 0 unspecified atom stereocenters. The summed E-state index contributed by atoms with van der Waals surface area (Å²) in [6, 6.07) is 9.41. The molecule has 2 N–H and O–H groups in total. The van der Waals surface area contributed by atoms with Gasteiger partial charge in [-0.1, -0.05) is 0 Å². The Hall–Kier alpha value is -4.01. The first-order valence-electron chi connectivity index (χ1n) is 8.80. The second-order valence-electron chi connectivity index (χ2n) is 6.57. The normalized spacial score (nSPS) is 11.1. The van der Waals surface area contributed by atoms with Gasteiger partial charge in [0.25, 0.3) is 5.56 Å². The van der Waals surface area contributed by atoms with Crippen molar-refractivity contribution in [2.24, 2.45) is 0 Å². The monoisotopic (exact) mass is 411 g/mol. The first-order valence-corrected chi connectivity index (χ1v) is 8.80. The lowest BCUT2D eigenvalue weighted by Crippen LogP contribution is -2.25. The first-order chi connectivity index (χ1) is 14.3. The van der Waals surface area contributed by atoms with Crippen LogP contribution in [-0.4, -0.2) is 32.8 Å². The zero-order valence-corrected chi connectivity index (χ0v) is 15.9. The molecule has 0 aliphatic heterocycles. The van der Waals surface area contributed by atoms with Crippen molar-refractivity contribution in [3.8, 4) is 28.1 Å². The van der Waals surface area contributed by atoms with Crippen LogP contribution in [0.5, 0.6) is 5.75 Å². The molecule has 0 spiro atoms. The van der Waals surface area contributed by atoms with Crippen LogP contribution in [0.1, 0.15) is 16.1 Å². The Labute approximate surface area is 168 Å². The SMILES string of the molecule is COc1ccc(-c2nc3c(-c4ccc(F)cc4F)c(C)[nH]n3c(=O)c2C(=O)O)cc1. The van der Waals surface area contributed by atoms with E-state index in [-0.39, 0.29) is 22.5 Å². The molecule has 2 aromatic carbocycles. The molecule has 0 radical (unpaired) electrons. The van der Waals surface area contributed by atoms with Crippen LogP contribution in [0.25, 0.3) is 28.0 Å². The number of fused-ring (bicyclic) bond motifs is 1. The standard InChI is InChI=1S/C21H15F2N3O4/c1-10-16(14-8-5-12(22)9-15(14)23)19-24-18(11-3-6-13(30-2)7-4-11)17(21(28)29)20(27)26(19)25-10/h3-9,25H,1-2H3,(H,28,29). The predicted octanol–water partition coefficient (Wildman–Crippen LogP) is 3.65. The number of rotatable bonds is 4. The molecule has 152 valence electrons. The summed E-state index contributed by atoms with van der Waals surface area (Å²) in [6.45, 7) is 1.58. The number of hydrogen-bond acceptors (Lipinski definition) is 4. The summed E-state index contributed by atoms with van der Waals surface area (Å²) in [5.41, 5.74) is -0.429. The van der Waals surface area contributed by atoms with E-state index < -0.39 is 28.7 Å². The number of aromatic carboxylic acids is 1. The maximum Gasteiger partial charge on any atom is 0.343 e. The molecule has 0 saturated heterocycles. The molecule has 0 fully saturated rings. The number of aromatic amines is 1. The van der Waals surface area contributed by atoms with Crippen LogP contribution >= 0.6 is 0 Å². The van der Waals surface area contributed by atoms with Crippen molar-refractivity contribution in [2.45, 2.75) is 6.92 Å². The summed E-state index contributed by atoms with van der Waals surface area (Å²) >= 11 is 0. The number of ether oxygens (including phenoxy) is 1. The van der Waals surface area contributed by atoms with E-state index in [9.17, 15) is 23.5 Å². The van der Waals surface area contributed by atoms with E-state index >= 15 is 0 Å². The Morgan fingerprint density at radius 2 is 1.87 bits per heavy atom. The van der Waals surface area contributed by atoms with Crippen molar-refractivity contribution >= 4 is 11.6 Å². The number of carbonyl (C=O) groups is 1. The smallest absolute Gasteiger partial charge is 0.343 e. The number of carboxylic acids is 1. The van der Waals surface area contributed by atoms with Gasteiger partial charge in [0.05, 0.1) is 12.8 Å². The van der Waals surface area contributed by atoms with Gasteiger partial charge in [0, 0.05) is 28.5 Å². The van der Waals surface area contributed by atoms with Crippen molar-refractivity contribution < 1.29 is 23.4 Å². The van der Waals surface area contributed by atoms with Gasteiger partial charge >= 0.3 is 5.97 Å². The number of methoxy groups -OCH3 is 1. The number of halogens is 2. The van der Waals surface area contributed by atoms with Crippen molar-refractivity contribution in [3.05, 3.63) is 75.7 Å². The predicted molar refractivity (Wildman–Crippen MR) is 105 cm³/mol. The maximum absolute atomic E-state index is 14.5. The molecular formula is C21H15F2N3O4. The van der Waals surface area contributed by atoms with Crippen molar-refractivity contribution in [1.29, 1.82) is 0 Å². The van der Waals surface area contributed by atoms with Crippen LogP contribution in [0.4, 0.5) is 8.78 Å². The second kappa shape index (κ2) is 7.11. The molecule has 2 aromatic heterocycles. The number of nitrogens with zero attached hydrogens (tertiary/aromatic N) is 2. The summed E-state index contributed by atoms with van der Waals surface area (Å²) in [7, 11) is 1.49. The number of nitrogens with one attached hydrogen (secondary N) is 1. The molecule has 0 amide bonds. The van der Waals surface area contributed by atoms with Gasteiger partial charge in [0.15, 0.2) is 11.2 Å². The van der Waals surface area contributed by atoms with Crippen molar-refractivity contribution in [2.75, 3.05) is 7.11 Å². The maximum atomic E-state index is 14.5. The third-order valence-corrected chi connectivity index (χ3v) is 4.74. The van der Waals surface area contributed by atoms with E-state index in [1.54, 1.807) is 31.2 Å². The summed E-state index contributed by atoms with van der Waals surface area (Å²) in [6.07, 6.45) is 0. The van der Waals surface area contributed by atoms with E-state index in [2.05, 4.69) is 10.1 Å². The summed E-state index contributed by atoms with van der Waals surface area (Å²) in [5, 5.41) is 12.4. The topological polar surface area (TPSA) is 96.7 Å². The van der Waals surface area contributed by atoms with Gasteiger partial charge in [-0.05, 0) is 43.3 Å². The van der Waals surface area contributed by atoms with Gasteiger partial charge in [-0.15, -0.1) is 0 Å². The number of H-pyrrole nitrogens is 1. The average molecular weight is 411 g/mol. The molecule has 0 atom stereocenters. The van der Waals surface area contributed by atoms with Gasteiger partial charge in [0.1, 0.15) is 17.4 Å². The lowest BCUT2D eigenvalue weighted by atomic mass is 10.0. The highest BCUT2D eigenvalue weighted by Gasteiger charge is 2.25. The molecule has 30 heavy (non-hydrogen) atoms. The molecule has 0 bridgehead atoms. The van der Waals surface area contributed by atoms with Gasteiger partial charge in [0.2, 0.25) is 0 Å². The highest BCUT2D eigenvalue weighted by Crippen LogP contribution is 2.31. The van der Waals surface area contributed by atoms with E-state index in [0.717, 1.165) is 16.6 Å². The first kappa shape index (κ1) is 19.3. The number of carboxylic acid groups (broad SMARTS) is 1. The lowest BCUT2D eigenvalue weighted by Gasteiger charge is -2.08. The molecule has 9 heteroatoms. The van der Waals surface area contributed by atoms with Crippen LogP contribution in [0.2, 0.25) is 0 Å². The molecule has 0 saturated carbocycles. The Morgan fingerprint density at radius 3 is 2.47 bits per heavy atom. The fourth-order valence-electron chi connectivity index (χ4n) is 3.35. The summed E-state index contributed by atoms with van der Waals surface area (Å²) in [4.78, 5) is 29.2. The van der Waals surface area contributed by atoms with E-state index in [4.69, 9.17) is 4.74 Å². The van der Waals surface area contributed by atoms with Crippen LogP contribution in [-0.2, 0) is 0 Å². The molecule has 4 rings (SSSR count). The minimum absolute atomic E-state index is 0.0267. The fourth-order valence-corrected chi connectivity index (χ4v) is 3.35. The molecule has 7 nitrogen and oxygen atoms in total. The van der Waals surface area contributed by atoms with E-state index in [1.807, 2.05) is 0 Å². The van der Waals surface area contributed by atoms with Gasteiger partial charge in [-0.3, -0.25) is 9.89 Å². The molecule has 2 heterocycles. The number of benzene rings is 2. The largest absolute Gasteiger partial charge is 0.497 e. The average Bonchev–Trinajstić information content (AvgIpc) is 3.04. The molecular weight excluding hydrogens is 396 g/mol. The Balaban J connectivity index is 2.08. The van der Waals surface area contributed by atoms with Gasteiger partial charge in [-0.2, -0.15) is 0 Å². The zero-order valence-electron chi connectivity index (χ0n) is 15.9. The van der Waals surface area contributed by atoms with Crippen LogP contribution in [0, 0.1) is 18.6 Å². The lowest BCUT2D eigenvalue weighted by molar-refractivity contribution is 0.0695. The molecule has 0 aliphatic rings. The quantitative estimate of drug-likeness (QED) is 0.534. The Bertz CT molecular complexity index is 1360. The van der Waals surface area contributed by atoms with Crippen molar-refractivity contribution in [3.63, 3.8) is 0 Å². The van der Waals surface area contributed by atoms with Crippen LogP contribution in [0.15, 0.2) is 47.3 Å². The molecule has 4 aromatic rings. The van der Waals surface area contributed by atoms with Crippen LogP contribution in [0.3, 0.4) is 0 Å². The van der Waals surface area contributed by atoms with Gasteiger partial charge < -0.3 is 9.84 Å².